The summed E-state index contributed by atoms with van der Waals surface area (Å²) in [6.45, 7) is 4.99. The first kappa shape index (κ1) is 16.2. The van der Waals surface area contributed by atoms with E-state index >= 15 is 0 Å². The van der Waals surface area contributed by atoms with E-state index in [0.29, 0.717) is 25.3 Å². The number of rotatable bonds is 5. The van der Waals surface area contributed by atoms with Crippen LogP contribution in [0.25, 0.3) is 10.2 Å². The maximum absolute atomic E-state index is 13.1. The van der Waals surface area contributed by atoms with Gasteiger partial charge in [-0.2, -0.15) is 5.26 Å². The van der Waals surface area contributed by atoms with E-state index in [9.17, 15) is 4.79 Å². The summed E-state index contributed by atoms with van der Waals surface area (Å²) in [5.74, 6) is 1.58. The molecule has 0 radical (unpaired) electrons. The first-order valence-corrected chi connectivity index (χ1v) is 9.38. The fourth-order valence-corrected chi connectivity index (χ4v) is 4.82. The van der Waals surface area contributed by atoms with E-state index in [0.717, 1.165) is 48.1 Å². The lowest BCUT2D eigenvalue weighted by Crippen LogP contribution is -2.26. The van der Waals surface area contributed by atoms with Crippen molar-refractivity contribution in [3.8, 4) is 6.07 Å². The number of nitriles is 1. The van der Waals surface area contributed by atoms with Gasteiger partial charge in [0, 0.05) is 24.3 Å². The molecule has 0 N–H and O–H groups in total. The minimum absolute atomic E-state index is 0.114. The van der Waals surface area contributed by atoms with E-state index in [1.165, 1.54) is 10.4 Å². The van der Waals surface area contributed by atoms with Gasteiger partial charge in [-0.3, -0.25) is 9.36 Å². The van der Waals surface area contributed by atoms with Gasteiger partial charge >= 0.3 is 0 Å². The molecule has 4 nitrogen and oxygen atoms in total. The van der Waals surface area contributed by atoms with Crippen molar-refractivity contribution in [2.75, 3.05) is 0 Å². The van der Waals surface area contributed by atoms with Crippen LogP contribution in [0.3, 0.4) is 0 Å². The van der Waals surface area contributed by atoms with Crippen LogP contribution < -0.4 is 5.56 Å². The predicted molar refractivity (Wildman–Crippen MR) is 93.9 cm³/mol. The van der Waals surface area contributed by atoms with Gasteiger partial charge in [0.05, 0.1) is 11.5 Å². The molecule has 0 saturated heterocycles. The molecule has 1 aliphatic carbocycles. The van der Waals surface area contributed by atoms with Gasteiger partial charge in [0.2, 0.25) is 0 Å². The number of aromatic nitrogens is 2. The molecule has 0 aliphatic heterocycles. The van der Waals surface area contributed by atoms with Gasteiger partial charge < -0.3 is 0 Å². The zero-order chi connectivity index (χ0) is 16.4. The Bertz CT molecular complexity index is 812. The van der Waals surface area contributed by atoms with E-state index in [1.807, 2.05) is 4.57 Å². The standard InChI is InChI=1S/C18H23N3OS/c1-3-6-15-20-17-16(18(22)21(15)10-5-4-9-19)13-8-7-12(2)11-14(13)23-17/h12H,3-8,10-11H2,1-2H3. The minimum atomic E-state index is 0.114. The van der Waals surface area contributed by atoms with Gasteiger partial charge in [-0.25, -0.2) is 4.98 Å². The monoisotopic (exact) mass is 329 g/mol. The Morgan fingerprint density at radius 1 is 1.48 bits per heavy atom. The summed E-state index contributed by atoms with van der Waals surface area (Å²) in [5.41, 5.74) is 1.36. The first-order chi connectivity index (χ1) is 11.2. The van der Waals surface area contributed by atoms with Crippen molar-refractivity contribution in [3.63, 3.8) is 0 Å². The number of fused-ring (bicyclic) bond motifs is 3. The molecule has 1 unspecified atom stereocenters. The molecule has 1 aliphatic rings. The SMILES string of the molecule is CCCc1nc2sc3c(c2c(=O)n1CCCC#N)CCC(C)C3. The van der Waals surface area contributed by atoms with Crippen LogP contribution in [0.2, 0.25) is 0 Å². The summed E-state index contributed by atoms with van der Waals surface area (Å²) in [6.07, 6.45) is 6.21. The number of nitrogens with zero attached hydrogens (tertiary/aromatic N) is 3. The maximum atomic E-state index is 13.1. The van der Waals surface area contributed by atoms with Gasteiger partial charge in [-0.1, -0.05) is 13.8 Å². The van der Waals surface area contributed by atoms with Gasteiger partial charge in [0.15, 0.2) is 0 Å². The summed E-state index contributed by atoms with van der Waals surface area (Å²) >= 11 is 1.72. The van der Waals surface area contributed by atoms with Gasteiger partial charge in [0.25, 0.3) is 5.56 Å². The first-order valence-electron chi connectivity index (χ1n) is 8.56. The second kappa shape index (κ2) is 6.84. The highest BCUT2D eigenvalue weighted by molar-refractivity contribution is 7.18. The van der Waals surface area contributed by atoms with Crippen LogP contribution in [0.4, 0.5) is 0 Å². The Balaban J connectivity index is 2.13. The molecule has 0 aromatic carbocycles. The van der Waals surface area contributed by atoms with E-state index < -0.39 is 0 Å². The Hall–Kier alpha value is -1.67. The number of hydrogen-bond acceptors (Lipinski definition) is 4. The maximum Gasteiger partial charge on any atom is 0.262 e. The van der Waals surface area contributed by atoms with Crippen LogP contribution in [-0.4, -0.2) is 9.55 Å². The quantitative estimate of drug-likeness (QED) is 0.783. The summed E-state index contributed by atoms with van der Waals surface area (Å²) in [4.78, 5) is 20.2. The van der Waals surface area contributed by atoms with Crippen LogP contribution in [-0.2, 0) is 25.8 Å². The van der Waals surface area contributed by atoms with Crippen LogP contribution in [0.5, 0.6) is 0 Å². The lowest BCUT2D eigenvalue weighted by Gasteiger charge is -2.17. The molecular weight excluding hydrogens is 306 g/mol. The molecule has 0 fully saturated rings. The third-order valence-electron chi connectivity index (χ3n) is 4.64. The topological polar surface area (TPSA) is 58.7 Å². The Morgan fingerprint density at radius 3 is 3.04 bits per heavy atom. The fourth-order valence-electron chi connectivity index (χ4n) is 3.43. The van der Waals surface area contributed by atoms with E-state index in [4.69, 9.17) is 10.2 Å². The number of hydrogen-bond donors (Lipinski definition) is 0. The molecule has 0 spiro atoms. The van der Waals surface area contributed by atoms with Crippen molar-refractivity contribution in [2.45, 2.75) is 65.3 Å². The fraction of sp³-hybridized carbons (Fsp3) is 0.611. The minimum Gasteiger partial charge on any atom is -0.296 e. The summed E-state index contributed by atoms with van der Waals surface area (Å²) < 4.78 is 1.83. The smallest absolute Gasteiger partial charge is 0.262 e. The van der Waals surface area contributed by atoms with E-state index in [1.54, 1.807) is 11.3 Å². The highest BCUT2D eigenvalue weighted by Gasteiger charge is 2.24. The average molecular weight is 329 g/mol. The van der Waals surface area contributed by atoms with Crippen LogP contribution in [0.15, 0.2) is 4.79 Å². The second-order valence-electron chi connectivity index (χ2n) is 6.53. The third-order valence-corrected chi connectivity index (χ3v) is 5.79. The summed E-state index contributed by atoms with van der Waals surface area (Å²) in [7, 11) is 0. The summed E-state index contributed by atoms with van der Waals surface area (Å²) in [5, 5.41) is 9.61. The molecular formula is C18H23N3OS. The highest BCUT2D eigenvalue weighted by atomic mass is 32.1. The van der Waals surface area contributed by atoms with E-state index in [-0.39, 0.29) is 5.56 Å². The molecule has 5 heteroatoms. The molecule has 0 saturated carbocycles. The molecule has 3 rings (SSSR count). The number of thiophene rings is 1. The Kier molecular flexibility index (Phi) is 4.82. The molecule has 1 atom stereocenters. The molecule has 2 heterocycles. The van der Waals surface area contributed by atoms with Crippen LogP contribution in [0, 0.1) is 17.2 Å². The molecule has 0 bridgehead atoms. The number of unbranched alkanes of at least 4 members (excludes halogenated alkanes) is 1. The lowest BCUT2D eigenvalue weighted by atomic mass is 9.89. The normalized spacial score (nSPS) is 17.2. The molecule has 122 valence electrons. The predicted octanol–water partition coefficient (Wildman–Crippen LogP) is 3.84. The van der Waals surface area contributed by atoms with Crippen molar-refractivity contribution in [1.82, 2.24) is 9.55 Å². The van der Waals surface area contributed by atoms with Crippen molar-refractivity contribution < 1.29 is 0 Å². The van der Waals surface area contributed by atoms with Crippen molar-refractivity contribution in [2.24, 2.45) is 5.92 Å². The Labute approximate surface area is 140 Å². The van der Waals surface area contributed by atoms with Crippen LogP contribution in [0.1, 0.15) is 55.8 Å². The van der Waals surface area contributed by atoms with Crippen molar-refractivity contribution >= 4 is 21.6 Å². The Morgan fingerprint density at radius 2 is 2.30 bits per heavy atom. The van der Waals surface area contributed by atoms with Gasteiger partial charge in [-0.05, 0) is 43.6 Å². The van der Waals surface area contributed by atoms with Crippen molar-refractivity contribution in [3.05, 3.63) is 26.6 Å². The molecule has 0 amide bonds. The summed E-state index contributed by atoms with van der Waals surface area (Å²) in [6, 6.07) is 2.16. The lowest BCUT2D eigenvalue weighted by molar-refractivity contribution is 0.508. The van der Waals surface area contributed by atoms with Crippen LogP contribution >= 0.6 is 11.3 Å². The third kappa shape index (κ3) is 3.05. The average Bonchev–Trinajstić information content (AvgIpc) is 2.88. The second-order valence-corrected chi connectivity index (χ2v) is 7.61. The zero-order valence-electron chi connectivity index (χ0n) is 13.9. The van der Waals surface area contributed by atoms with E-state index in [2.05, 4.69) is 19.9 Å². The molecule has 2 aromatic rings. The van der Waals surface area contributed by atoms with Gasteiger partial charge in [-0.15, -0.1) is 11.3 Å². The van der Waals surface area contributed by atoms with Gasteiger partial charge in [0.1, 0.15) is 10.7 Å². The molecule has 23 heavy (non-hydrogen) atoms. The highest BCUT2D eigenvalue weighted by Crippen LogP contribution is 2.35. The largest absolute Gasteiger partial charge is 0.296 e. The number of aryl methyl sites for hydroxylation is 2. The van der Waals surface area contributed by atoms with Crippen molar-refractivity contribution in [1.29, 1.82) is 5.26 Å². The molecule has 2 aromatic heterocycles. The zero-order valence-corrected chi connectivity index (χ0v) is 14.7.